The van der Waals surface area contributed by atoms with Crippen molar-refractivity contribution in [1.82, 2.24) is 14.5 Å². The maximum atomic E-state index is 13.3. The lowest BCUT2D eigenvalue weighted by Gasteiger charge is -2.31. The molecule has 0 bridgehead atoms. The van der Waals surface area contributed by atoms with Gasteiger partial charge in [-0.2, -0.15) is 0 Å². The maximum absolute atomic E-state index is 13.3. The molecule has 31 heavy (non-hydrogen) atoms. The lowest BCUT2D eigenvalue weighted by molar-refractivity contribution is -0.138. The molecule has 6 rings (SSSR count). The first kappa shape index (κ1) is 18.2. The van der Waals surface area contributed by atoms with Crippen molar-refractivity contribution in [2.45, 2.75) is 18.3 Å². The molecule has 0 saturated carbocycles. The number of H-pyrrole nitrogens is 1. The lowest BCUT2D eigenvalue weighted by atomic mass is 9.69. The van der Waals surface area contributed by atoms with Crippen LogP contribution >= 0.6 is 0 Å². The second kappa shape index (κ2) is 6.23. The molecule has 3 atom stereocenters. The summed E-state index contributed by atoms with van der Waals surface area (Å²) in [5.74, 6) is -0.417. The van der Waals surface area contributed by atoms with Gasteiger partial charge in [0.05, 0.1) is 18.9 Å². The van der Waals surface area contributed by atoms with Crippen LogP contribution in [0.25, 0.3) is 21.8 Å². The van der Waals surface area contributed by atoms with Gasteiger partial charge in [-0.25, -0.2) is 0 Å². The predicted molar refractivity (Wildman–Crippen MR) is 118 cm³/mol. The lowest BCUT2D eigenvalue weighted by Crippen LogP contribution is -2.31. The molecule has 0 unspecified atom stereocenters. The van der Waals surface area contributed by atoms with Crippen LogP contribution in [0.5, 0.6) is 5.75 Å². The SMILES string of the molecule is COc1ccc2[nH]c3c(c2c1)[C@@H]1C(=O)N(C)C(=O)[C@@H]1[C@H](c1cn(C)c2ccccc12)C3. The first-order valence-corrected chi connectivity index (χ1v) is 10.5. The van der Waals surface area contributed by atoms with Crippen molar-refractivity contribution in [3.05, 3.63) is 65.5 Å². The highest BCUT2D eigenvalue weighted by atomic mass is 16.5. The van der Waals surface area contributed by atoms with E-state index in [1.165, 1.54) is 4.90 Å². The van der Waals surface area contributed by atoms with Crippen molar-refractivity contribution in [2.75, 3.05) is 14.2 Å². The molecule has 2 amide bonds. The molecule has 1 fully saturated rings. The quantitative estimate of drug-likeness (QED) is 0.510. The third-order valence-corrected chi connectivity index (χ3v) is 7.19. The number of fused-ring (bicyclic) bond motifs is 6. The molecule has 1 saturated heterocycles. The van der Waals surface area contributed by atoms with E-state index < -0.39 is 11.8 Å². The molecule has 0 radical (unpaired) electrons. The summed E-state index contributed by atoms with van der Waals surface area (Å²) < 4.78 is 7.53. The van der Waals surface area contributed by atoms with E-state index >= 15 is 0 Å². The average molecular weight is 413 g/mol. The summed E-state index contributed by atoms with van der Waals surface area (Å²) in [4.78, 5) is 31.5. The molecule has 1 N–H and O–H groups in total. The number of likely N-dealkylation sites (tertiary alicyclic amines) is 1. The van der Waals surface area contributed by atoms with Crippen LogP contribution in [0.4, 0.5) is 0 Å². The standard InChI is InChI=1S/C25H23N3O3/c1-27-12-17(14-6-4-5-7-20(14)27)15-11-19-21(23-22(15)24(29)28(2)25(23)30)16-10-13(31-3)8-9-18(16)26-19/h4-10,12,15,22-23,26H,11H2,1-3H3/t15-,22+,23-/m0/s1. The molecule has 2 aliphatic rings. The number of aromatic nitrogens is 2. The Morgan fingerprint density at radius 2 is 1.84 bits per heavy atom. The normalized spacial score (nSPS) is 22.9. The van der Waals surface area contributed by atoms with Gasteiger partial charge in [0.15, 0.2) is 0 Å². The molecule has 1 aliphatic heterocycles. The molecular formula is C25H23N3O3. The molecule has 1 aliphatic carbocycles. The Morgan fingerprint density at radius 3 is 2.65 bits per heavy atom. The van der Waals surface area contributed by atoms with Crippen molar-refractivity contribution in [1.29, 1.82) is 0 Å². The van der Waals surface area contributed by atoms with Gasteiger partial charge >= 0.3 is 0 Å². The van der Waals surface area contributed by atoms with Crippen molar-refractivity contribution >= 4 is 33.6 Å². The van der Waals surface area contributed by atoms with E-state index in [0.29, 0.717) is 6.42 Å². The van der Waals surface area contributed by atoms with E-state index in [-0.39, 0.29) is 17.7 Å². The number of ether oxygens (including phenoxy) is 1. The number of hydrogen-bond donors (Lipinski definition) is 1. The second-order valence-electron chi connectivity index (χ2n) is 8.69. The third-order valence-electron chi connectivity index (χ3n) is 7.19. The summed E-state index contributed by atoms with van der Waals surface area (Å²) >= 11 is 0. The van der Waals surface area contributed by atoms with Crippen LogP contribution in [0.3, 0.4) is 0 Å². The fourth-order valence-electron chi connectivity index (χ4n) is 5.75. The van der Waals surface area contributed by atoms with Gasteiger partial charge in [0.1, 0.15) is 5.75 Å². The maximum Gasteiger partial charge on any atom is 0.237 e. The Kier molecular flexibility index (Phi) is 3.67. The monoisotopic (exact) mass is 413 g/mol. The van der Waals surface area contributed by atoms with Crippen molar-refractivity contribution < 1.29 is 14.3 Å². The van der Waals surface area contributed by atoms with Gasteiger partial charge in [-0.1, -0.05) is 18.2 Å². The molecule has 2 aromatic heterocycles. The number of carbonyl (C=O) groups excluding carboxylic acids is 2. The molecule has 0 spiro atoms. The molecular weight excluding hydrogens is 390 g/mol. The number of benzene rings is 2. The van der Waals surface area contributed by atoms with E-state index in [1.54, 1.807) is 14.2 Å². The smallest absolute Gasteiger partial charge is 0.237 e. The van der Waals surface area contributed by atoms with Crippen LogP contribution in [-0.4, -0.2) is 40.4 Å². The molecule has 6 heteroatoms. The molecule has 3 heterocycles. The Bertz CT molecular complexity index is 1400. The zero-order valence-corrected chi connectivity index (χ0v) is 17.7. The number of imide groups is 1. The second-order valence-corrected chi connectivity index (χ2v) is 8.69. The number of para-hydroxylation sites is 1. The van der Waals surface area contributed by atoms with Crippen LogP contribution in [0.1, 0.15) is 28.7 Å². The van der Waals surface area contributed by atoms with E-state index in [9.17, 15) is 9.59 Å². The molecule has 6 nitrogen and oxygen atoms in total. The highest BCUT2D eigenvalue weighted by Crippen LogP contribution is 2.52. The van der Waals surface area contributed by atoms with Crippen LogP contribution in [0, 0.1) is 5.92 Å². The number of nitrogens with zero attached hydrogens (tertiary/aromatic N) is 2. The van der Waals surface area contributed by atoms with Gasteiger partial charge in [0.2, 0.25) is 11.8 Å². The Morgan fingerprint density at radius 1 is 1.03 bits per heavy atom. The van der Waals surface area contributed by atoms with Crippen LogP contribution in [0.2, 0.25) is 0 Å². The first-order chi connectivity index (χ1) is 15.0. The van der Waals surface area contributed by atoms with Crippen molar-refractivity contribution in [3.63, 3.8) is 0 Å². The minimum atomic E-state index is -0.480. The first-order valence-electron chi connectivity index (χ1n) is 10.5. The highest BCUT2D eigenvalue weighted by Gasteiger charge is 2.54. The van der Waals surface area contributed by atoms with Gasteiger partial charge in [0, 0.05) is 53.7 Å². The minimum Gasteiger partial charge on any atom is -0.497 e. The van der Waals surface area contributed by atoms with Gasteiger partial charge in [-0.15, -0.1) is 0 Å². The summed E-state index contributed by atoms with van der Waals surface area (Å²) in [7, 11) is 5.27. The number of hydrogen-bond acceptors (Lipinski definition) is 3. The summed E-state index contributed by atoms with van der Waals surface area (Å²) in [6.45, 7) is 0. The van der Waals surface area contributed by atoms with Crippen LogP contribution < -0.4 is 4.74 Å². The molecule has 4 aromatic rings. The van der Waals surface area contributed by atoms with E-state index in [2.05, 4.69) is 27.9 Å². The van der Waals surface area contributed by atoms with Crippen LogP contribution in [0.15, 0.2) is 48.7 Å². The summed E-state index contributed by atoms with van der Waals surface area (Å²) in [6.07, 6.45) is 2.81. The fraction of sp³-hybridized carbons (Fsp3) is 0.280. The highest BCUT2D eigenvalue weighted by molar-refractivity contribution is 6.10. The van der Waals surface area contributed by atoms with Gasteiger partial charge in [-0.05, 0) is 41.8 Å². The van der Waals surface area contributed by atoms with E-state index in [0.717, 1.165) is 44.4 Å². The van der Waals surface area contributed by atoms with E-state index in [1.807, 2.05) is 37.4 Å². The topological polar surface area (TPSA) is 67.3 Å². The largest absolute Gasteiger partial charge is 0.497 e. The third kappa shape index (κ3) is 2.33. The zero-order chi connectivity index (χ0) is 21.4. The Hall–Kier alpha value is -3.54. The summed E-state index contributed by atoms with van der Waals surface area (Å²) in [5, 5.41) is 2.11. The number of likely N-dealkylation sites (N-methyl/N-ethyl adjacent to an activating group) is 1. The van der Waals surface area contributed by atoms with Crippen molar-refractivity contribution in [2.24, 2.45) is 13.0 Å². The molecule has 156 valence electrons. The Labute approximate surface area is 179 Å². The number of methoxy groups -OCH3 is 1. The Balaban J connectivity index is 1.61. The van der Waals surface area contributed by atoms with Crippen molar-refractivity contribution in [3.8, 4) is 5.75 Å². The van der Waals surface area contributed by atoms with Gasteiger partial charge < -0.3 is 14.3 Å². The summed E-state index contributed by atoms with van der Waals surface area (Å²) in [5.41, 5.74) is 5.23. The number of aryl methyl sites for hydroxylation is 1. The summed E-state index contributed by atoms with van der Waals surface area (Å²) in [6, 6.07) is 14.1. The van der Waals surface area contributed by atoms with Gasteiger partial charge in [0.25, 0.3) is 0 Å². The number of carbonyl (C=O) groups is 2. The average Bonchev–Trinajstić information content (AvgIpc) is 3.39. The number of rotatable bonds is 2. The minimum absolute atomic E-state index is 0.0695. The number of nitrogens with one attached hydrogen (secondary N) is 1. The number of amides is 2. The zero-order valence-electron chi connectivity index (χ0n) is 17.7. The number of aromatic amines is 1. The van der Waals surface area contributed by atoms with Crippen LogP contribution in [-0.2, 0) is 23.1 Å². The van der Waals surface area contributed by atoms with E-state index in [4.69, 9.17) is 4.74 Å². The van der Waals surface area contributed by atoms with Gasteiger partial charge in [-0.3, -0.25) is 14.5 Å². The molecule has 2 aromatic carbocycles. The fourth-order valence-corrected chi connectivity index (χ4v) is 5.75. The predicted octanol–water partition coefficient (Wildman–Crippen LogP) is 3.71.